The molecule has 0 heterocycles. The van der Waals surface area contributed by atoms with Gasteiger partial charge in [-0.15, -0.1) is 0 Å². The van der Waals surface area contributed by atoms with E-state index in [0.717, 1.165) is 23.0 Å². The summed E-state index contributed by atoms with van der Waals surface area (Å²) < 4.78 is 27.2. The number of hydrogen-bond donors (Lipinski definition) is 0. The van der Waals surface area contributed by atoms with Crippen molar-refractivity contribution in [1.82, 2.24) is 0 Å². The molecule has 0 saturated carbocycles. The van der Waals surface area contributed by atoms with E-state index in [4.69, 9.17) is 0 Å². The maximum atomic E-state index is 13.6. The number of allylic oxidation sites excluding steroid dienone is 1. The van der Waals surface area contributed by atoms with Gasteiger partial charge in [-0.1, -0.05) is 26.0 Å². The zero-order valence-electron chi connectivity index (χ0n) is 13.8. The summed E-state index contributed by atoms with van der Waals surface area (Å²) in [7, 11) is 0. The van der Waals surface area contributed by atoms with Crippen molar-refractivity contribution in [3.8, 4) is 0 Å². The average Bonchev–Trinajstić information content (AvgIpc) is 2.50. The molecule has 120 valence electrons. The lowest BCUT2D eigenvalue weighted by Crippen LogP contribution is -2.03. The first-order valence-electron chi connectivity index (χ1n) is 7.57. The number of aldehydes is 1. The number of aryl methyl sites for hydroxylation is 2. The van der Waals surface area contributed by atoms with Crippen LogP contribution in [0.15, 0.2) is 42.0 Å². The maximum Gasteiger partial charge on any atom is 0.146 e. The van der Waals surface area contributed by atoms with Crippen LogP contribution in [0.1, 0.15) is 36.1 Å². The highest BCUT2D eigenvalue weighted by Gasteiger charge is 2.16. The van der Waals surface area contributed by atoms with Crippen LogP contribution in [0.3, 0.4) is 0 Å². The fourth-order valence-electron chi connectivity index (χ4n) is 2.58. The summed E-state index contributed by atoms with van der Waals surface area (Å²) in [5, 5.41) is 0. The molecule has 0 aromatic heterocycles. The molecule has 2 aromatic rings. The molecule has 0 amide bonds. The van der Waals surface area contributed by atoms with Crippen LogP contribution in [0, 0.1) is 31.4 Å². The predicted octanol–water partition coefficient (Wildman–Crippen LogP) is 5.24. The fourth-order valence-corrected chi connectivity index (χ4v) is 2.58. The Morgan fingerprint density at radius 3 is 1.65 bits per heavy atom. The lowest BCUT2D eigenvalue weighted by molar-refractivity contribution is -0.105. The van der Waals surface area contributed by atoms with E-state index in [0.29, 0.717) is 16.7 Å². The Balaban J connectivity index is 2.77. The Kier molecular flexibility index (Phi) is 5.09. The summed E-state index contributed by atoms with van der Waals surface area (Å²) in [6, 6.07) is 9.53. The van der Waals surface area contributed by atoms with E-state index in [-0.39, 0.29) is 17.6 Å². The standard InChI is InChI=1S/C20H20F2O/c1-12(2)17(11-23)20(15-5-7-18(21)13(3)9-15)16-6-8-19(22)14(4)10-16/h5-12H,1-4H3. The predicted molar refractivity (Wildman–Crippen MR) is 89.2 cm³/mol. The van der Waals surface area contributed by atoms with E-state index in [1.807, 2.05) is 13.8 Å². The maximum absolute atomic E-state index is 13.6. The molecule has 0 bridgehead atoms. The Hall–Kier alpha value is -2.29. The highest BCUT2D eigenvalue weighted by Crippen LogP contribution is 2.31. The van der Waals surface area contributed by atoms with Gasteiger partial charge >= 0.3 is 0 Å². The zero-order chi connectivity index (χ0) is 17.1. The Labute approximate surface area is 135 Å². The number of halogens is 2. The van der Waals surface area contributed by atoms with Gasteiger partial charge in [0.05, 0.1) is 0 Å². The summed E-state index contributed by atoms with van der Waals surface area (Å²) >= 11 is 0. The second kappa shape index (κ2) is 6.86. The van der Waals surface area contributed by atoms with Gasteiger partial charge in [0.2, 0.25) is 0 Å². The first-order valence-corrected chi connectivity index (χ1v) is 7.57. The van der Waals surface area contributed by atoms with E-state index in [1.165, 1.54) is 12.1 Å². The van der Waals surface area contributed by atoms with Crippen molar-refractivity contribution < 1.29 is 13.6 Å². The molecule has 1 nitrogen and oxygen atoms in total. The van der Waals surface area contributed by atoms with Gasteiger partial charge in [0.25, 0.3) is 0 Å². The van der Waals surface area contributed by atoms with E-state index >= 15 is 0 Å². The summed E-state index contributed by atoms with van der Waals surface area (Å²) in [5.41, 5.74) is 3.86. The van der Waals surface area contributed by atoms with Crippen LogP contribution in [0.25, 0.3) is 5.57 Å². The third kappa shape index (κ3) is 3.55. The second-order valence-electron chi connectivity index (χ2n) is 6.03. The van der Waals surface area contributed by atoms with Crippen molar-refractivity contribution in [1.29, 1.82) is 0 Å². The number of carbonyl (C=O) groups is 1. The van der Waals surface area contributed by atoms with Gasteiger partial charge in [0.1, 0.15) is 17.9 Å². The van der Waals surface area contributed by atoms with Gasteiger partial charge in [0, 0.05) is 5.57 Å². The van der Waals surface area contributed by atoms with Crippen molar-refractivity contribution in [3.63, 3.8) is 0 Å². The Morgan fingerprint density at radius 2 is 1.35 bits per heavy atom. The lowest BCUT2D eigenvalue weighted by Gasteiger charge is -2.16. The minimum Gasteiger partial charge on any atom is -0.298 e. The topological polar surface area (TPSA) is 17.1 Å². The number of hydrogen-bond acceptors (Lipinski definition) is 1. The molecule has 0 N–H and O–H groups in total. The molecule has 0 aliphatic heterocycles. The first kappa shape index (κ1) is 17.1. The molecular formula is C20H20F2O. The molecule has 0 aliphatic carbocycles. The molecule has 0 aliphatic rings. The molecule has 23 heavy (non-hydrogen) atoms. The Morgan fingerprint density at radius 1 is 0.913 bits per heavy atom. The molecule has 0 unspecified atom stereocenters. The highest BCUT2D eigenvalue weighted by molar-refractivity contribution is 5.95. The fraction of sp³-hybridized carbons (Fsp3) is 0.250. The SMILES string of the molecule is Cc1cc(C(=C(C=O)C(C)C)c2ccc(F)c(C)c2)ccc1F. The summed E-state index contributed by atoms with van der Waals surface area (Å²) in [4.78, 5) is 11.6. The minimum absolute atomic E-state index is 0.00165. The molecule has 0 atom stereocenters. The van der Waals surface area contributed by atoms with Gasteiger partial charge < -0.3 is 0 Å². The van der Waals surface area contributed by atoms with E-state index < -0.39 is 0 Å². The third-order valence-corrected chi connectivity index (χ3v) is 3.93. The summed E-state index contributed by atoms with van der Waals surface area (Å²) in [5.74, 6) is -0.584. The van der Waals surface area contributed by atoms with Crippen molar-refractivity contribution in [2.24, 2.45) is 5.92 Å². The quantitative estimate of drug-likeness (QED) is 0.557. The monoisotopic (exact) mass is 314 g/mol. The van der Waals surface area contributed by atoms with E-state index in [1.54, 1.807) is 38.1 Å². The molecule has 0 fully saturated rings. The molecule has 2 aromatic carbocycles. The summed E-state index contributed by atoms with van der Waals surface area (Å²) in [6.45, 7) is 7.22. The number of benzene rings is 2. The molecule has 0 radical (unpaired) electrons. The van der Waals surface area contributed by atoms with Gasteiger partial charge in [-0.25, -0.2) is 8.78 Å². The number of carbonyl (C=O) groups excluding carboxylic acids is 1. The average molecular weight is 314 g/mol. The van der Waals surface area contributed by atoms with Crippen LogP contribution >= 0.6 is 0 Å². The molecular weight excluding hydrogens is 294 g/mol. The van der Waals surface area contributed by atoms with Crippen LogP contribution in [-0.2, 0) is 4.79 Å². The van der Waals surface area contributed by atoms with Gasteiger partial charge in [0.15, 0.2) is 0 Å². The lowest BCUT2D eigenvalue weighted by atomic mass is 9.87. The van der Waals surface area contributed by atoms with Crippen molar-refractivity contribution in [2.75, 3.05) is 0 Å². The van der Waals surface area contributed by atoms with Crippen LogP contribution in [0.2, 0.25) is 0 Å². The first-order chi connectivity index (χ1) is 10.8. The normalized spacial score (nSPS) is 10.7. The van der Waals surface area contributed by atoms with Crippen LogP contribution in [0.4, 0.5) is 8.78 Å². The molecule has 2 rings (SSSR count). The van der Waals surface area contributed by atoms with Crippen LogP contribution in [-0.4, -0.2) is 6.29 Å². The van der Waals surface area contributed by atoms with Gasteiger partial charge in [-0.3, -0.25) is 4.79 Å². The van der Waals surface area contributed by atoms with Crippen molar-refractivity contribution >= 4 is 11.9 Å². The minimum atomic E-state index is -0.291. The van der Waals surface area contributed by atoms with E-state index in [2.05, 4.69) is 0 Å². The largest absolute Gasteiger partial charge is 0.298 e. The molecule has 3 heteroatoms. The van der Waals surface area contributed by atoms with Gasteiger partial charge in [-0.05, 0) is 71.9 Å². The number of rotatable bonds is 4. The smallest absolute Gasteiger partial charge is 0.146 e. The second-order valence-corrected chi connectivity index (χ2v) is 6.03. The molecule has 0 saturated heterocycles. The van der Waals surface area contributed by atoms with Crippen molar-refractivity contribution in [3.05, 3.63) is 75.9 Å². The third-order valence-electron chi connectivity index (χ3n) is 3.93. The van der Waals surface area contributed by atoms with Gasteiger partial charge in [-0.2, -0.15) is 0 Å². The Bertz CT molecular complexity index is 720. The summed E-state index contributed by atoms with van der Waals surface area (Å²) in [6.07, 6.45) is 0.831. The van der Waals surface area contributed by atoms with Crippen LogP contribution in [0.5, 0.6) is 0 Å². The van der Waals surface area contributed by atoms with Crippen molar-refractivity contribution in [2.45, 2.75) is 27.7 Å². The molecule has 0 spiro atoms. The zero-order valence-corrected chi connectivity index (χ0v) is 13.8. The van der Waals surface area contributed by atoms with Crippen LogP contribution < -0.4 is 0 Å². The van der Waals surface area contributed by atoms with E-state index in [9.17, 15) is 13.6 Å². The highest BCUT2D eigenvalue weighted by atomic mass is 19.1.